The lowest BCUT2D eigenvalue weighted by molar-refractivity contribution is -0.116. The summed E-state index contributed by atoms with van der Waals surface area (Å²) in [6.45, 7) is 2.33. The summed E-state index contributed by atoms with van der Waals surface area (Å²) in [7, 11) is 0. The maximum absolute atomic E-state index is 12.7. The minimum atomic E-state index is -0.00842. The van der Waals surface area contributed by atoms with E-state index in [1.807, 2.05) is 55.1 Å². The van der Waals surface area contributed by atoms with E-state index in [0.29, 0.717) is 48.6 Å². The van der Waals surface area contributed by atoms with Crippen molar-refractivity contribution in [3.63, 3.8) is 0 Å². The summed E-state index contributed by atoms with van der Waals surface area (Å²) < 4.78 is 0.186. The van der Waals surface area contributed by atoms with Crippen LogP contribution >= 0.6 is 23.4 Å². The van der Waals surface area contributed by atoms with Gasteiger partial charge in [0.15, 0.2) is 5.78 Å². The smallest absolute Gasteiger partial charge is 0.168 e. The number of rotatable bonds is 9. The molecule has 1 atom stereocenters. The molecular formula is C23H28ClNO3S. The Morgan fingerprint density at radius 2 is 2.07 bits per heavy atom. The molecule has 2 aliphatic carbocycles. The number of carbonyl (C=O) groups excluding carboxylic acids is 1. The van der Waals surface area contributed by atoms with Gasteiger partial charge in [0.05, 0.1) is 11.3 Å². The average molecular weight is 434 g/mol. The zero-order valence-electron chi connectivity index (χ0n) is 17.0. The highest BCUT2D eigenvalue weighted by molar-refractivity contribution is 8.00. The number of nitrogens with zero attached hydrogens (tertiary/aromatic N) is 1. The van der Waals surface area contributed by atoms with Gasteiger partial charge in [0.2, 0.25) is 0 Å². The maximum atomic E-state index is 12.7. The first-order chi connectivity index (χ1) is 14.0. The first-order valence-corrected chi connectivity index (χ1v) is 11.7. The highest BCUT2D eigenvalue weighted by Gasteiger charge is 2.51. The molecule has 29 heavy (non-hydrogen) atoms. The van der Waals surface area contributed by atoms with Crippen molar-refractivity contribution in [2.24, 2.45) is 11.1 Å². The molecule has 1 saturated carbocycles. The molecule has 0 saturated heterocycles. The lowest BCUT2D eigenvalue weighted by Crippen LogP contribution is -2.30. The molecule has 2 aliphatic rings. The summed E-state index contributed by atoms with van der Waals surface area (Å²) in [5, 5.41) is 15.5. The van der Waals surface area contributed by atoms with E-state index in [4.69, 9.17) is 16.4 Å². The number of ketones is 1. The third-order valence-electron chi connectivity index (χ3n) is 5.69. The number of aliphatic hydroxyl groups excluding tert-OH is 1. The maximum Gasteiger partial charge on any atom is 0.168 e. The van der Waals surface area contributed by atoms with Crippen molar-refractivity contribution in [3.05, 3.63) is 52.3 Å². The standard InChI is InChI=1S/C23H28ClNO3S/c1-3-19(25-28-13-5-4-6-16-7-9-18(24)10-8-16)22-20(26)14-17(15-21(22)27)23(29-2)11-12-23/h4,6-10,17,26H,3,5,11-15H2,1-2H3. The lowest BCUT2D eigenvalue weighted by atomic mass is 9.82. The Hall–Kier alpha value is -1.72. The summed E-state index contributed by atoms with van der Waals surface area (Å²) in [6, 6.07) is 7.61. The Balaban J connectivity index is 1.55. The van der Waals surface area contributed by atoms with Gasteiger partial charge in [-0.3, -0.25) is 4.79 Å². The third-order valence-corrected chi connectivity index (χ3v) is 7.49. The molecule has 1 aromatic rings. The van der Waals surface area contributed by atoms with Gasteiger partial charge in [0, 0.05) is 29.0 Å². The van der Waals surface area contributed by atoms with Gasteiger partial charge in [-0.2, -0.15) is 11.8 Å². The van der Waals surface area contributed by atoms with Crippen molar-refractivity contribution >= 4 is 40.9 Å². The molecular weight excluding hydrogens is 406 g/mol. The van der Waals surface area contributed by atoms with Crippen molar-refractivity contribution in [2.75, 3.05) is 12.9 Å². The fourth-order valence-corrected chi connectivity index (χ4v) is 4.96. The minimum Gasteiger partial charge on any atom is -0.511 e. The van der Waals surface area contributed by atoms with Gasteiger partial charge in [-0.1, -0.05) is 48.0 Å². The van der Waals surface area contributed by atoms with Crippen LogP contribution in [-0.2, 0) is 9.63 Å². The zero-order valence-corrected chi connectivity index (χ0v) is 18.6. The van der Waals surface area contributed by atoms with Crippen LogP contribution in [0.15, 0.2) is 46.8 Å². The number of hydrogen-bond acceptors (Lipinski definition) is 5. The van der Waals surface area contributed by atoms with E-state index in [9.17, 15) is 9.90 Å². The van der Waals surface area contributed by atoms with Crippen LogP contribution in [-0.4, -0.2) is 34.2 Å². The summed E-state index contributed by atoms with van der Waals surface area (Å²) >= 11 is 7.71. The first kappa shape index (κ1) is 22.0. The number of halogens is 1. The number of allylic oxidation sites excluding steroid dienone is 2. The van der Waals surface area contributed by atoms with Crippen molar-refractivity contribution < 1.29 is 14.7 Å². The normalized spacial score (nSPS) is 21.7. The van der Waals surface area contributed by atoms with E-state index < -0.39 is 0 Å². The Morgan fingerprint density at radius 1 is 1.34 bits per heavy atom. The number of hydrogen-bond donors (Lipinski definition) is 1. The molecule has 0 aromatic heterocycles. The molecule has 1 N–H and O–H groups in total. The van der Waals surface area contributed by atoms with Gasteiger partial charge < -0.3 is 9.94 Å². The number of carbonyl (C=O) groups is 1. The molecule has 156 valence electrons. The topological polar surface area (TPSA) is 58.9 Å². The quantitative estimate of drug-likeness (QED) is 0.285. The second-order valence-electron chi connectivity index (χ2n) is 7.59. The Morgan fingerprint density at radius 3 is 2.66 bits per heavy atom. The molecule has 0 heterocycles. The van der Waals surface area contributed by atoms with Crippen LogP contribution in [0.3, 0.4) is 0 Å². The molecule has 1 aromatic carbocycles. The Bertz CT molecular complexity index is 825. The number of oxime groups is 1. The van der Waals surface area contributed by atoms with E-state index in [1.165, 1.54) is 0 Å². The van der Waals surface area contributed by atoms with Gasteiger partial charge in [0.25, 0.3) is 0 Å². The highest BCUT2D eigenvalue weighted by atomic mass is 35.5. The van der Waals surface area contributed by atoms with Crippen LogP contribution in [0.5, 0.6) is 0 Å². The largest absolute Gasteiger partial charge is 0.511 e. The highest BCUT2D eigenvalue weighted by Crippen LogP contribution is 2.56. The number of benzene rings is 1. The molecule has 0 spiro atoms. The van der Waals surface area contributed by atoms with Crippen molar-refractivity contribution in [2.45, 2.75) is 50.2 Å². The summed E-state index contributed by atoms with van der Waals surface area (Å²) in [4.78, 5) is 18.2. The van der Waals surface area contributed by atoms with Crippen LogP contribution in [0.2, 0.25) is 5.02 Å². The van der Waals surface area contributed by atoms with Crippen LogP contribution in [0.4, 0.5) is 0 Å². The summed E-state index contributed by atoms with van der Waals surface area (Å²) in [5.41, 5.74) is 1.99. The van der Waals surface area contributed by atoms with Crippen LogP contribution in [0, 0.1) is 5.92 Å². The van der Waals surface area contributed by atoms with E-state index in [1.54, 1.807) is 0 Å². The second kappa shape index (κ2) is 9.86. The molecule has 0 amide bonds. The molecule has 6 heteroatoms. The Kier molecular flexibility index (Phi) is 7.47. The van der Waals surface area contributed by atoms with Gasteiger partial charge in [-0.05, 0) is 49.1 Å². The van der Waals surface area contributed by atoms with Gasteiger partial charge in [-0.15, -0.1) is 0 Å². The van der Waals surface area contributed by atoms with Gasteiger partial charge >= 0.3 is 0 Å². The van der Waals surface area contributed by atoms with Crippen LogP contribution in [0.25, 0.3) is 6.08 Å². The fraction of sp³-hybridized carbons (Fsp3) is 0.478. The van der Waals surface area contributed by atoms with E-state index >= 15 is 0 Å². The van der Waals surface area contributed by atoms with E-state index in [-0.39, 0.29) is 22.2 Å². The van der Waals surface area contributed by atoms with Gasteiger partial charge in [-0.25, -0.2) is 0 Å². The molecule has 1 fully saturated rings. The first-order valence-electron chi connectivity index (χ1n) is 10.1. The molecule has 1 unspecified atom stereocenters. The fourth-order valence-electron chi connectivity index (χ4n) is 3.82. The second-order valence-corrected chi connectivity index (χ2v) is 9.24. The lowest BCUT2D eigenvalue weighted by Gasteiger charge is -2.29. The monoisotopic (exact) mass is 433 g/mol. The molecule has 0 bridgehead atoms. The van der Waals surface area contributed by atoms with E-state index in [0.717, 1.165) is 18.4 Å². The average Bonchev–Trinajstić information content (AvgIpc) is 3.51. The Labute approximate surface area is 182 Å². The number of aliphatic hydroxyl groups is 1. The van der Waals surface area contributed by atoms with Crippen molar-refractivity contribution in [1.82, 2.24) is 0 Å². The SMILES string of the molecule is CCC(=NOCCC=Cc1ccc(Cl)cc1)C1=C(O)CC(C2(SC)CC2)CC1=O. The van der Waals surface area contributed by atoms with E-state index in [2.05, 4.69) is 11.4 Å². The summed E-state index contributed by atoms with van der Waals surface area (Å²) in [6.07, 6.45) is 10.7. The zero-order chi connectivity index (χ0) is 20.9. The van der Waals surface area contributed by atoms with Crippen LogP contribution < -0.4 is 0 Å². The van der Waals surface area contributed by atoms with Crippen LogP contribution in [0.1, 0.15) is 51.0 Å². The molecule has 4 nitrogen and oxygen atoms in total. The molecule has 3 rings (SSSR count). The number of thioether (sulfide) groups is 1. The van der Waals surface area contributed by atoms with Crippen molar-refractivity contribution in [3.8, 4) is 0 Å². The molecule has 0 aliphatic heterocycles. The molecule has 0 radical (unpaired) electrons. The summed E-state index contributed by atoms with van der Waals surface area (Å²) in [5.74, 6) is 0.398. The minimum absolute atomic E-state index is 0.00842. The number of Topliss-reactive ketones (excluding diaryl/α,β-unsaturated/α-hetero) is 1. The predicted molar refractivity (Wildman–Crippen MR) is 122 cm³/mol. The van der Waals surface area contributed by atoms with Crippen molar-refractivity contribution in [1.29, 1.82) is 0 Å². The third kappa shape index (κ3) is 5.46. The van der Waals surface area contributed by atoms with Gasteiger partial charge in [0.1, 0.15) is 12.4 Å². The predicted octanol–water partition coefficient (Wildman–Crippen LogP) is 6.21.